The van der Waals surface area contributed by atoms with Crippen molar-refractivity contribution < 1.29 is 17.6 Å². The maximum Gasteiger partial charge on any atom is 0.245 e. The molecule has 1 aliphatic heterocycles. The zero-order valence-electron chi connectivity index (χ0n) is 15.0. The summed E-state index contributed by atoms with van der Waals surface area (Å²) in [6.07, 6.45) is 4.15. The fraction of sp³-hybridized carbons (Fsp3) is 0.368. The lowest BCUT2D eigenvalue weighted by Crippen LogP contribution is -2.43. The normalized spacial score (nSPS) is 17.4. The third-order valence-corrected chi connectivity index (χ3v) is 6.78. The summed E-state index contributed by atoms with van der Waals surface area (Å²) >= 11 is 0. The number of sulfonamides is 1. The molecule has 6 nitrogen and oxygen atoms in total. The Hall–Kier alpha value is -2.32. The number of halogens is 1. The van der Waals surface area contributed by atoms with Crippen molar-refractivity contribution in [2.45, 2.75) is 30.7 Å². The van der Waals surface area contributed by atoms with Crippen molar-refractivity contribution in [2.75, 3.05) is 13.1 Å². The molecule has 1 aliphatic rings. The highest BCUT2D eigenvalue weighted by atomic mass is 32.2. The van der Waals surface area contributed by atoms with Gasteiger partial charge in [-0.05, 0) is 49.6 Å². The molecule has 0 radical (unpaired) electrons. The maximum atomic E-state index is 13.9. The summed E-state index contributed by atoms with van der Waals surface area (Å²) in [5, 5.41) is 2.97. The highest BCUT2D eigenvalue weighted by molar-refractivity contribution is 7.89. The Morgan fingerprint density at radius 3 is 2.44 bits per heavy atom. The quantitative estimate of drug-likeness (QED) is 0.849. The molecule has 8 heteroatoms. The monoisotopic (exact) mass is 391 g/mol. The topological polar surface area (TPSA) is 79.4 Å². The Morgan fingerprint density at radius 1 is 1.19 bits per heavy atom. The molecule has 3 rings (SSSR count). The summed E-state index contributed by atoms with van der Waals surface area (Å²) in [5.41, 5.74) is 0.956. The van der Waals surface area contributed by atoms with Crippen LogP contribution in [-0.2, 0) is 14.8 Å². The van der Waals surface area contributed by atoms with Gasteiger partial charge in [-0.1, -0.05) is 12.1 Å². The van der Waals surface area contributed by atoms with Crippen LogP contribution in [0.3, 0.4) is 0 Å². The van der Waals surface area contributed by atoms with E-state index < -0.39 is 15.8 Å². The number of rotatable bonds is 5. The highest BCUT2D eigenvalue weighted by Gasteiger charge is 2.33. The van der Waals surface area contributed by atoms with E-state index in [-0.39, 0.29) is 35.9 Å². The van der Waals surface area contributed by atoms with Gasteiger partial charge in [-0.25, -0.2) is 12.8 Å². The molecular weight excluding hydrogens is 369 g/mol. The van der Waals surface area contributed by atoms with Gasteiger partial charge in [-0.15, -0.1) is 0 Å². The molecule has 0 saturated carbocycles. The number of aromatic nitrogens is 1. The summed E-state index contributed by atoms with van der Waals surface area (Å²) in [7, 11) is -3.89. The van der Waals surface area contributed by atoms with Gasteiger partial charge < -0.3 is 5.32 Å². The molecule has 1 saturated heterocycles. The first-order valence-corrected chi connectivity index (χ1v) is 10.3. The van der Waals surface area contributed by atoms with Crippen LogP contribution in [0.5, 0.6) is 0 Å². The first-order chi connectivity index (χ1) is 12.9. The number of pyridine rings is 1. The van der Waals surface area contributed by atoms with E-state index in [0.29, 0.717) is 12.8 Å². The number of nitrogens with one attached hydrogen (secondary N) is 1. The summed E-state index contributed by atoms with van der Waals surface area (Å²) in [5.74, 6) is -1.12. The van der Waals surface area contributed by atoms with E-state index in [0.717, 1.165) is 11.6 Å². The maximum absolute atomic E-state index is 13.9. The Bertz CT molecular complexity index is 897. The minimum Gasteiger partial charge on any atom is -0.349 e. The van der Waals surface area contributed by atoms with Crippen molar-refractivity contribution in [1.82, 2.24) is 14.6 Å². The minimum atomic E-state index is -3.89. The number of piperidine rings is 1. The van der Waals surface area contributed by atoms with E-state index in [2.05, 4.69) is 10.3 Å². The summed E-state index contributed by atoms with van der Waals surface area (Å²) < 4.78 is 40.4. The van der Waals surface area contributed by atoms with E-state index >= 15 is 0 Å². The van der Waals surface area contributed by atoms with Gasteiger partial charge in [0, 0.05) is 31.4 Å². The Balaban J connectivity index is 1.60. The van der Waals surface area contributed by atoms with Crippen LogP contribution in [0.25, 0.3) is 0 Å². The molecule has 1 atom stereocenters. The molecule has 1 N–H and O–H groups in total. The number of amides is 1. The van der Waals surface area contributed by atoms with Gasteiger partial charge in [-0.2, -0.15) is 4.31 Å². The molecule has 0 bridgehead atoms. The van der Waals surface area contributed by atoms with Gasteiger partial charge in [0.25, 0.3) is 0 Å². The molecule has 0 aliphatic carbocycles. The number of hydrogen-bond donors (Lipinski definition) is 1. The average Bonchev–Trinajstić information content (AvgIpc) is 2.69. The lowest BCUT2D eigenvalue weighted by atomic mass is 9.96. The summed E-state index contributed by atoms with van der Waals surface area (Å²) in [6, 6.07) is 8.88. The van der Waals surface area contributed by atoms with E-state index in [4.69, 9.17) is 0 Å². The smallest absolute Gasteiger partial charge is 0.245 e. The molecule has 2 aromatic rings. The SMILES string of the molecule is CC(NC(=O)C1CCN(S(=O)(=O)c2ccccc2F)CC1)c1ccncc1. The van der Waals surface area contributed by atoms with Gasteiger partial charge >= 0.3 is 0 Å². The third kappa shape index (κ3) is 4.33. The fourth-order valence-corrected chi connectivity index (χ4v) is 4.75. The third-order valence-electron chi connectivity index (χ3n) is 4.84. The zero-order chi connectivity index (χ0) is 19.4. The fourth-order valence-electron chi connectivity index (χ4n) is 3.22. The van der Waals surface area contributed by atoms with Crippen molar-refractivity contribution >= 4 is 15.9 Å². The van der Waals surface area contributed by atoms with Crippen molar-refractivity contribution in [1.29, 1.82) is 0 Å². The number of hydrogen-bond acceptors (Lipinski definition) is 4. The predicted molar refractivity (Wildman–Crippen MR) is 98.7 cm³/mol. The Kier molecular flexibility index (Phi) is 5.86. The molecule has 1 fully saturated rings. The molecule has 0 spiro atoms. The number of nitrogens with zero attached hydrogens (tertiary/aromatic N) is 2. The van der Waals surface area contributed by atoms with Crippen molar-refractivity contribution in [3.8, 4) is 0 Å². The zero-order valence-corrected chi connectivity index (χ0v) is 15.8. The second kappa shape index (κ2) is 8.14. The van der Waals surface area contributed by atoms with Gasteiger partial charge in [0.05, 0.1) is 6.04 Å². The first kappa shape index (κ1) is 19.4. The minimum absolute atomic E-state index is 0.0951. The van der Waals surface area contributed by atoms with Crippen molar-refractivity contribution in [3.05, 3.63) is 60.2 Å². The van der Waals surface area contributed by atoms with Crippen molar-refractivity contribution in [2.24, 2.45) is 5.92 Å². The van der Waals surface area contributed by atoms with Crippen LogP contribution in [0.2, 0.25) is 0 Å². The van der Waals surface area contributed by atoms with E-state index in [1.165, 1.54) is 22.5 Å². The first-order valence-electron chi connectivity index (χ1n) is 8.84. The summed E-state index contributed by atoms with van der Waals surface area (Å²) in [4.78, 5) is 16.1. The van der Waals surface area contributed by atoms with Crippen molar-refractivity contribution in [3.63, 3.8) is 0 Å². The summed E-state index contributed by atoms with van der Waals surface area (Å²) in [6.45, 7) is 2.28. The number of carbonyl (C=O) groups excluding carboxylic acids is 1. The standard InChI is InChI=1S/C19H22FN3O3S/c1-14(15-6-10-21-11-7-15)22-19(24)16-8-12-23(13-9-16)27(25,26)18-5-3-2-4-17(18)20/h2-7,10-11,14,16H,8-9,12-13H2,1H3,(H,22,24). The lowest BCUT2D eigenvalue weighted by Gasteiger charge is -2.31. The highest BCUT2D eigenvalue weighted by Crippen LogP contribution is 2.26. The molecule has 2 heterocycles. The largest absolute Gasteiger partial charge is 0.349 e. The number of benzene rings is 1. The molecule has 1 aromatic heterocycles. The second-order valence-electron chi connectivity index (χ2n) is 6.62. The van der Waals surface area contributed by atoms with Gasteiger partial charge in [0.15, 0.2) is 0 Å². The predicted octanol–water partition coefficient (Wildman–Crippen LogP) is 2.50. The van der Waals surface area contributed by atoms with Crippen LogP contribution >= 0.6 is 0 Å². The van der Waals surface area contributed by atoms with Gasteiger partial charge in [0.2, 0.25) is 15.9 Å². The molecule has 27 heavy (non-hydrogen) atoms. The Labute approximate surface area is 158 Å². The Morgan fingerprint density at radius 2 is 1.81 bits per heavy atom. The van der Waals surface area contributed by atoms with E-state index in [1.54, 1.807) is 12.4 Å². The molecule has 1 amide bonds. The van der Waals surface area contributed by atoms with Crippen LogP contribution in [0.4, 0.5) is 4.39 Å². The molecular formula is C19H22FN3O3S. The average molecular weight is 391 g/mol. The molecule has 144 valence electrons. The lowest BCUT2D eigenvalue weighted by molar-refractivity contribution is -0.126. The van der Waals surface area contributed by atoms with Gasteiger partial charge in [0.1, 0.15) is 10.7 Å². The van der Waals surface area contributed by atoms with Crippen LogP contribution in [0, 0.1) is 11.7 Å². The van der Waals surface area contributed by atoms with Crippen LogP contribution in [-0.4, -0.2) is 36.7 Å². The van der Waals surface area contributed by atoms with Gasteiger partial charge in [-0.3, -0.25) is 9.78 Å². The van der Waals surface area contributed by atoms with E-state index in [9.17, 15) is 17.6 Å². The van der Waals surface area contributed by atoms with Crippen LogP contribution in [0.15, 0.2) is 53.7 Å². The van der Waals surface area contributed by atoms with Crippen LogP contribution < -0.4 is 5.32 Å². The molecule has 1 aromatic carbocycles. The second-order valence-corrected chi connectivity index (χ2v) is 8.53. The number of carbonyl (C=O) groups is 1. The van der Waals surface area contributed by atoms with E-state index in [1.807, 2.05) is 19.1 Å². The molecule has 1 unspecified atom stereocenters. The van der Waals surface area contributed by atoms with Crippen LogP contribution in [0.1, 0.15) is 31.4 Å².